The fourth-order valence-electron chi connectivity index (χ4n) is 10.7. The SMILES string of the molecule is CO[C@@H]1O[C@@H]([C@@H](CO[C@@H]2O[C@@H]([C@@H](COCc3ccccc3)O[C@@H]3O[C@@H]([C@H]4COC(C)(C)O4)[C@H]4O[C@@H]34)[C@H](OCc3ccccc3)[C@H]2OCc2ccccc2)OCc2ccccc2)[C@H](OCc2ccccc2)[C@H]1OCc1ccccc1. The Kier molecular flexibility index (Phi) is 19.0. The number of fused-ring (bicyclic) bond motifs is 1. The number of methoxy groups -OCH3 is 1. The van der Waals surface area contributed by atoms with Crippen LogP contribution in [-0.2, 0) is 111 Å². The molecule has 5 saturated heterocycles. The molecule has 0 N–H and O–H groups in total. The lowest BCUT2D eigenvalue weighted by Gasteiger charge is -2.31. The molecule has 15 atom stereocenters. The van der Waals surface area contributed by atoms with Crippen molar-refractivity contribution in [1.82, 2.24) is 0 Å². The molecule has 11 rings (SSSR count). The number of ether oxygens (including phenoxy) is 15. The zero-order valence-electron chi connectivity index (χ0n) is 45.0. The first-order valence-corrected chi connectivity index (χ1v) is 27.5. The van der Waals surface area contributed by atoms with Crippen molar-refractivity contribution in [2.24, 2.45) is 0 Å². The molecule has 6 aromatic rings. The lowest BCUT2D eigenvalue weighted by Crippen LogP contribution is -2.47. The minimum absolute atomic E-state index is 0.0284. The van der Waals surface area contributed by atoms with Crippen LogP contribution in [0.25, 0.3) is 0 Å². The van der Waals surface area contributed by atoms with E-state index in [1.54, 1.807) is 7.11 Å². The largest absolute Gasteiger partial charge is 0.374 e. The Morgan fingerprint density at radius 1 is 0.418 bits per heavy atom. The van der Waals surface area contributed by atoms with E-state index in [1.165, 1.54) is 0 Å². The third-order valence-electron chi connectivity index (χ3n) is 14.8. The lowest BCUT2D eigenvalue weighted by atomic mass is 10.0. The highest BCUT2D eigenvalue weighted by molar-refractivity contribution is 5.18. The molecule has 0 spiro atoms. The van der Waals surface area contributed by atoms with Gasteiger partial charge in [0.2, 0.25) is 0 Å². The highest BCUT2D eigenvalue weighted by Crippen LogP contribution is 2.45. The predicted molar refractivity (Wildman–Crippen MR) is 289 cm³/mol. The van der Waals surface area contributed by atoms with Crippen molar-refractivity contribution >= 4 is 0 Å². The third-order valence-corrected chi connectivity index (χ3v) is 14.8. The highest BCUT2D eigenvalue weighted by Gasteiger charge is 2.64. The van der Waals surface area contributed by atoms with Crippen molar-refractivity contribution in [2.75, 3.05) is 26.9 Å². The maximum atomic E-state index is 7.21. The Hall–Kier alpha value is -5.28. The Morgan fingerprint density at radius 2 is 0.848 bits per heavy atom. The van der Waals surface area contributed by atoms with Crippen LogP contribution in [0.1, 0.15) is 47.2 Å². The van der Waals surface area contributed by atoms with Crippen molar-refractivity contribution in [2.45, 2.75) is 151 Å². The molecule has 5 heterocycles. The second kappa shape index (κ2) is 27.0. The quantitative estimate of drug-likeness (QED) is 0.0431. The summed E-state index contributed by atoms with van der Waals surface area (Å²) in [6.45, 7) is 5.87. The van der Waals surface area contributed by atoms with Gasteiger partial charge in [0.05, 0.1) is 59.5 Å². The molecule has 0 unspecified atom stereocenters. The molecule has 5 aliphatic heterocycles. The molecule has 0 saturated carbocycles. The van der Waals surface area contributed by atoms with Gasteiger partial charge in [0, 0.05) is 7.11 Å². The molecular weight excluding hydrogens is 1010 g/mol. The van der Waals surface area contributed by atoms with Crippen LogP contribution in [0.5, 0.6) is 0 Å². The molecule has 0 aromatic heterocycles. The van der Waals surface area contributed by atoms with E-state index in [-0.39, 0.29) is 58.0 Å². The van der Waals surface area contributed by atoms with E-state index in [0.717, 1.165) is 33.4 Å². The van der Waals surface area contributed by atoms with Crippen LogP contribution < -0.4 is 0 Å². The summed E-state index contributed by atoms with van der Waals surface area (Å²) < 4.78 is 100. The van der Waals surface area contributed by atoms with Gasteiger partial charge in [0.1, 0.15) is 73.2 Å². The predicted octanol–water partition coefficient (Wildman–Crippen LogP) is 9.27. The van der Waals surface area contributed by atoms with Crippen LogP contribution in [0.15, 0.2) is 182 Å². The first-order chi connectivity index (χ1) is 38.8. The first-order valence-electron chi connectivity index (χ1n) is 27.5. The van der Waals surface area contributed by atoms with Gasteiger partial charge in [-0.1, -0.05) is 182 Å². The first kappa shape index (κ1) is 55.6. The normalized spacial score (nSPS) is 29.6. The molecular formula is C64H72O15. The molecule has 5 aliphatic rings. The standard InChI is InChI=1S/C64H72O15/c1-64(2)73-42-51(79-64)54-57-60(75-57)63(78-54)74-50(40-66-34-43-22-10-4-11-23-43)53-56(69-37-46-28-16-7-17-29-46)59(71-39-48-32-20-9-21-33-48)62(77-53)72-41-49(67-35-44-24-12-5-13-25-44)52-55(68-36-45-26-14-6-15-27-45)58(61(65-3)76-52)70-38-47-30-18-8-19-31-47/h4-33,49-63H,34-42H2,1-3H3/t49-,50-,51-,52+,53+,54+,55+,56+,57-,58-,59-,60-,61-,62-,63-/m1/s1. The van der Waals surface area contributed by atoms with Crippen LogP contribution in [0, 0.1) is 0 Å². The van der Waals surface area contributed by atoms with Crippen LogP contribution in [0.4, 0.5) is 0 Å². The summed E-state index contributed by atoms with van der Waals surface area (Å²) in [7, 11) is 1.61. The zero-order valence-corrected chi connectivity index (χ0v) is 45.0. The average Bonchev–Trinajstić information content (AvgIpc) is 3.99. The molecule has 0 radical (unpaired) electrons. The highest BCUT2D eigenvalue weighted by atomic mass is 16.8. The average molecular weight is 1080 g/mol. The molecule has 0 bridgehead atoms. The van der Waals surface area contributed by atoms with Gasteiger partial charge in [-0.3, -0.25) is 0 Å². The Morgan fingerprint density at radius 3 is 1.32 bits per heavy atom. The van der Waals surface area contributed by atoms with E-state index >= 15 is 0 Å². The second-order valence-electron chi connectivity index (χ2n) is 21.0. The van der Waals surface area contributed by atoms with Crippen molar-refractivity contribution in [3.63, 3.8) is 0 Å². The van der Waals surface area contributed by atoms with E-state index < -0.39 is 79.6 Å². The van der Waals surface area contributed by atoms with Gasteiger partial charge >= 0.3 is 0 Å². The van der Waals surface area contributed by atoms with Gasteiger partial charge in [-0.2, -0.15) is 0 Å². The monoisotopic (exact) mass is 1080 g/mol. The van der Waals surface area contributed by atoms with Crippen LogP contribution >= 0.6 is 0 Å². The summed E-state index contributed by atoms with van der Waals surface area (Å²) in [5.41, 5.74) is 5.89. The summed E-state index contributed by atoms with van der Waals surface area (Å²) in [4.78, 5) is 0. The van der Waals surface area contributed by atoms with Gasteiger partial charge in [-0.25, -0.2) is 0 Å². The van der Waals surface area contributed by atoms with Crippen LogP contribution in [0.3, 0.4) is 0 Å². The second-order valence-corrected chi connectivity index (χ2v) is 21.0. The van der Waals surface area contributed by atoms with E-state index in [9.17, 15) is 0 Å². The number of benzene rings is 6. The topological polar surface area (TPSA) is 142 Å². The van der Waals surface area contributed by atoms with Crippen molar-refractivity contribution in [3.05, 3.63) is 215 Å². The van der Waals surface area contributed by atoms with Gasteiger partial charge in [-0.15, -0.1) is 0 Å². The Labute approximate surface area is 463 Å². The maximum absolute atomic E-state index is 7.21. The van der Waals surface area contributed by atoms with Crippen molar-refractivity contribution in [3.8, 4) is 0 Å². The minimum Gasteiger partial charge on any atom is -0.374 e. The zero-order chi connectivity index (χ0) is 53.8. The van der Waals surface area contributed by atoms with E-state index in [2.05, 4.69) is 0 Å². The minimum atomic E-state index is -1.03. The summed E-state index contributed by atoms with van der Waals surface area (Å²) in [6, 6.07) is 60.0. The van der Waals surface area contributed by atoms with E-state index in [0.29, 0.717) is 19.8 Å². The van der Waals surface area contributed by atoms with Gasteiger partial charge < -0.3 is 71.1 Å². The van der Waals surface area contributed by atoms with E-state index in [4.69, 9.17) is 71.1 Å². The number of epoxide rings is 1. The molecule has 0 amide bonds. The molecule has 6 aromatic carbocycles. The molecule has 15 nitrogen and oxygen atoms in total. The smallest absolute Gasteiger partial charge is 0.187 e. The Balaban J connectivity index is 0.910. The molecule has 15 heteroatoms. The van der Waals surface area contributed by atoms with Crippen molar-refractivity contribution < 1.29 is 71.1 Å². The summed E-state index contributed by atoms with van der Waals surface area (Å²) >= 11 is 0. The van der Waals surface area contributed by atoms with E-state index in [1.807, 2.05) is 196 Å². The Bertz CT molecular complexity index is 2710. The van der Waals surface area contributed by atoms with Crippen molar-refractivity contribution in [1.29, 1.82) is 0 Å². The van der Waals surface area contributed by atoms with Crippen LogP contribution in [-0.4, -0.2) is 125 Å². The fraction of sp³-hybridized carbons (Fsp3) is 0.438. The van der Waals surface area contributed by atoms with Gasteiger partial charge in [-0.05, 0) is 47.2 Å². The molecule has 0 aliphatic carbocycles. The third kappa shape index (κ3) is 14.6. The number of hydrogen-bond acceptors (Lipinski definition) is 15. The van der Waals surface area contributed by atoms with Crippen LogP contribution in [0.2, 0.25) is 0 Å². The van der Waals surface area contributed by atoms with Gasteiger partial charge in [0.15, 0.2) is 24.7 Å². The van der Waals surface area contributed by atoms with Gasteiger partial charge in [0.25, 0.3) is 0 Å². The molecule has 418 valence electrons. The maximum Gasteiger partial charge on any atom is 0.187 e. The number of hydrogen-bond donors (Lipinski definition) is 0. The summed E-state index contributed by atoms with van der Waals surface area (Å²) in [6.07, 6.45) is -9.89. The molecule has 5 fully saturated rings. The molecule has 79 heavy (non-hydrogen) atoms. The summed E-state index contributed by atoms with van der Waals surface area (Å²) in [5.74, 6) is -0.745. The summed E-state index contributed by atoms with van der Waals surface area (Å²) in [5, 5.41) is 0. The number of rotatable bonds is 28. The lowest BCUT2D eigenvalue weighted by molar-refractivity contribution is -0.259. The fourth-order valence-corrected chi connectivity index (χ4v) is 10.7.